The van der Waals surface area contributed by atoms with E-state index in [0.29, 0.717) is 5.56 Å². The van der Waals surface area contributed by atoms with Gasteiger partial charge in [-0.1, -0.05) is 44.2 Å². The Kier molecular flexibility index (Phi) is 7.81. The van der Waals surface area contributed by atoms with Crippen LogP contribution in [-0.4, -0.2) is 55.5 Å². The molecule has 2 heterocycles. The van der Waals surface area contributed by atoms with Crippen LogP contribution in [0, 0.1) is 0 Å². The molecule has 1 saturated heterocycles. The Labute approximate surface area is 201 Å². The fourth-order valence-corrected chi connectivity index (χ4v) is 5.43. The number of likely N-dealkylation sites (N-methyl/N-ethyl adjacent to an activating group) is 1. The van der Waals surface area contributed by atoms with Crippen molar-refractivity contribution < 1.29 is 9.53 Å². The lowest BCUT2D eigenvalue weighted by atomic mass is 9.97. The van der Waals surface area contributed by atoms with Crippen LogP contribution >= 0.6 is 11.3 Å². The molecular weight excluding hydrogens is 430 g/mol. The summed E-state index contributed by atoms with van der Waals surface area (Å²) in [6, 6.07) is 20.2. The number of hydrogen-bond donors (Lipinski definition) is 1. The van der Waals surface area contributed by atoms with Crippen LogP contribution in [0.3, 0.4) is 0 Å². The minimum absolute atomic E-state index is 0.0642. The molecule has 1 fully saturated rings. The number of piperazine rings is 1. The summed E-state index contributed by atoms with van der Waals surface area (Å²) in [6.07, 6.45) is 0.942. The minimum atomic E-state index is -0.0642. The number of ether oxygens (including phenoxy) is 1. The Hall–Kier alpha value is -2.67. The van der Waals surface area contributed by atoms with Gasteiger partial charge >= 0.3 is 0 Å². The molecule has 5 nitrogen and oxygen atoms in total. The Morgan fingerprint density at radius 2 is 1.73 bits per heavy atom. The van der Waals surface area contributed by atoms with Crippen LogP contribution in [0.15, 0.2) is 60.7 Å². The molecule has 174 valence electrons. The van der Waals surface area contributed by atoms with Crippen molar-refractivity contribution in [2.45, 2.75) is 26.3 Å². The first-order valence-corrected chi connectivity index (χ1v) is 12.5. The van der Waals surface area contributed by atoms with Gasteiger partial charge in [0.1, 0.15) is 10.8 Å². The van der Waals surface area contributed by atoms with Crippen LogP contribution in [0.1, 0.15) is 46.3 Å². The highest BCUT2D eigenvalue weighted by molar-refractivity contribution is 7.16. The topological polar surface area (TPSA) is 44.8 Å². The summed E-state index contributed by atoms with van der Waals surface area (Å²) in [7, 11) is 1.69. The van der Waals surface area contributed by atoms with E-state index < -0.39 is 0 Å². The van der Waals surface area contributed by atoms with E-state index >= 15 is 0 Å². The van der Waals surface area contributed by atoms with Gasteiger partial charge in [-0.05, 0) is 48.9 Å². The molecule has 6 heteroatoms. The van der Waals surface area contributed by atoms with Crippen molar-refractivity contribution in [3.63, 3.8) is 0 Å². The molecule has 2 aromatic carbocycles. The highest BCUT2D eigenvalue weighted by atomic mass is 32.1. The zero-order valence-electron chi connectivity index (χ0n) is 19.7. The summed E-state index contributed by atoms with van der Waals surface area (Å²) in [6.45, 7) is 9.57. The van der Waals surface area contributed by atoms with Crippen molar-refractivity contribution in [2.75, 3.05) is 45.2 Å². The van der Waals surface area contributed by atoms with Gasteiger partial charge in [-0.3, -0.25) is 9.69 Å². The van der Waals surface area contributed by atoms with Gasteiger partial charge in [-0.15, -0.1) is 11.3 Å². The van der Waals surface area contributed by atoms with Crippen LogP contribution in [-0.2, 0) is 6.42 Å². The van der Waals surface area contributed by atoms with Crippen molar-refractivity contribution >= 4 is 22.2 Å². The first-order chi connectivity index (χ1) is 16.1. The number of anilines is 1. The molecule has 1 atom stereocenters. The molecule has 0 aliphatic carbocycles. The molecular formula is C27H33N3O2S. The fourth-order valence-electron chi connectivity index (χ4n) is 4.41. The molecule has 0 radical (unpaired) electrons. The summed E-state index contributed by atoms with van der Waals surface area (Å²) in [5, 5.41) is 4.18. The summed E-state index contributed by atoms with van der Waals surface area (Å²) < 4.78 is 5.40. The molecule has 4 rings (SSSR count). The highest BCUT2D eigenvalue weighted by Gasteiger charge is 2.29. The normalized spacial score (nSPS) is 15.8. The van der Waals surface area contributed by atoms with E-state index in [-0.39, 0.29) is 11.9 Å². The van der Waals surface area contributed by atoms with Gasteiger partial charge < -0.3 is 15.0 Å². The molecule has 0 saturated carbocycles. The van der Waals surface area contributed by atoms with Crippen LogP contribution < -0.4 is 10.1 Å². The van der Waals surface area contributed by atoms with E-state index in [1.807, 2.05) is 42.5 Å². The van der Waals surface area contributed by atoms with Crippen LogP contribution in [0.4, 0.5) is 5.00 Å². The SMILES string of the molecule is CCc1cc([C@@H](c2ccc(OC)cc2)N2CCN(CC)CC2)c(NC(=O)c2ccccc2)s1. The third-order valence-corrected chi connectivity index (χ3v) is 7.58. The van der Waals surface area contributed by atoms with E-state index in [4.69, 9.17) is 4.74 Å². The first kappa shape index (κ1) is 23.5. The Balaban J connectivity index is 1.71. The molecule has 0 unspecified atom stereocenters. The average molecular weight is 464 g/mol. The number of thiophene rings is 1. The minimum Gasteiger partial charge on any atom is -0.497 e. The molecule has 3 aromatic rings. The predicted octanol–water partition coefficient (Wildman–Crippen LogP) is 5.30. The van der Waals surface area contributed by atoms with Crippen molar-refractivity contribution in [2.24, 2.45) is 0 Å². The van der Waals surface area contributed by atoms with Crippen molar-refractivity contribution in [1.29, 1.82) is 0 Å². The number of carbonyl (C=O) groups is 1. The largest absolute Gasteiger partial charge is 0.497 e. The number of benzene rings is 2. The zero-order valence-corrected chi connectivity index (χ0v) is 20.5. The van der Waals surface area contributed by atoms with Crippen molar-refractivity contribution in [1.82, 2.24) is 9.80 Å². The van der Waals surface area contributed by atoms with Crippen molar-refractivity contribution in [3.8, 4) is 5.75 Å². The maximum atomic E-state index is 13.0. The van der Waals surface area contributed by atoms with Crippen LogP contribution in [0.2, 0.25) is 0 Å². The molecule has 1 aliphatic rings. The second-order valence-corrected chi connectivity index (χ2v) is 9.45. The van der Waals surface area contributed by atoms with Crippen LogP contribution in [0.5, 0.6) is 5.75 Å². The monoisotopic (exact) mass is 463 g/mol. The fraction of sp³-hybridized carbons (Fsp3) is 0.370. The third-order valence-electron chi connectivity index (χ3n) is 6.37. The maximum Gasteiger partial charge on any atom is 0.256 e. The Morgan fingerprint density at radius 3 is 2.33 bits per heavy atom. The average Bonchev–Trinajstić information content (AvgIpc) is 3.27. The molecule has 0 bridgehead atoms. The third kappa shape index (κ3) is 5.46. The number of hydrogen-bond acceptors (Lipinski definition) is 5. The summed E-state index contributed by atoms with van der Waals surface area (Å²) in [5.74, 6) is 0.788. The molecule has 33 heavy (non-hydrogen) atoms. The van der Waals surface area contributed by atoms with E-state index in [9.17, 15) is 4.79 Å². The quantitative estimate of drug-likeness (QED) is 0.492. The van der Waals surface area contributed by atoms with Gasteiger partial charge in [0.15, 0.2) is 0 Å². The standard InChI is InChI=1S/C27H33N3O2S/c1-4-23-19-24(27(33-23)28-26(31)21-9-7-6-8-10-21)25(20-11-13-22(32-3)14-12-20)30-17-15-29(5-2)16-18-30/h6-14,19,25H,4-5,15-18H2,1-3H3,(H,28,31)/t25-/m1/s1. The van der Waals surface area contributed by atoms with E-state index in [0.717, 1.165) is 49.9 Å². The van der Waals surface area contributed by atoms with Gasteiger partial charge in [-0.2, -0.15) is 0 Å². The smallest absolute Gasteiger partial charge is 0.256 e. The number of carbonyl (C=O) groups excluding carboxylic acids is 1. The molecule has 1 aliphatic heterocycles. The lowest BCUT2D eigenvalue weighted by Gasteiger charge is -2.39. The molecule has 1 amide bonds. The lowest BCUT2D eigenvalue weighted by Crippen LogP contribution is -2.47. The second-order valence-electron chi connectivity index (χ2n) is 8.32. The summed E-state index contributed by atoms with van der Waals surface area (Å²) in [5.41, 5.74) is 3.07. The Bertz CT molecular complexity index is 1040. The maximum absolute atomic E-state index is 13.0. The predicted molar refractivity (Wildman–Crippen MR) is 137 cm³/mol. The van der Waals surface area contributed by atoms with Crippen LogP contribution in [0.25, 0.3) is 0 Å². The second kappa shape index (κ2) is 11.0. The first-order valence-electron chi connectivity index (χ1n) is 11.7. The van der Waals surface area contributed by atoms with E-state index in [1.165, 1.54) is 16.0 Å². The van der Waals surface area contributed by atoms with Gasteiger partial charge in [-0.25, -0.2) is 0 Å². The lowest BCUT2D eigenvalue weighted by molar-refractivity contribution is 0.102. The highest BCUT2D eigenvalue weighted by Crippen LogP contribution is 2.40. The van der Waals surface area contributed by atoms with Gasteiger partial charge in [0, 0.05) is 42.2 Å². The molecule has 1 N–H and O–H groups in total. The zero-order chi connectivity index (χ0) is 23.2. The van der Waals surface area contributed by atoms with E-state index in [2.05, 4.69) is 47.2 Å². The van der Waals surface area contributed by atoms with Gasteiger partial charge in [0.2, 0.25) is 0 Å². The number of amides is 1. The summed E-state index contributed by atoms with van der Waals surface area (Å²) in [4.78, 5) is 19.3. The number of rotatable bonds is 8. The molecule has 1 aromatic heterocycles. The number of methoxy groups -OCH3 is 1. The van der Waals surface area contributed by atoms with Gasteiger partial charge in [0.05, 0.1) is 13.2 Å². The number of nitrogens with one attached hydrogen (secondary N) is 1. The Morgan fingerprint density at radius 1 is 1.03 bits per heavy atom. The van der Waals surface area contributed by atoms with Crippen molar-refractivity contribution in [3.05, 3.63) is 82.2 Å². The number of aryl methyl sites for hydroxylation is 1. The van der Waals surface area contributed by atoms with E-state index in [1.54, 1.807) is 18.4 Å². The molecule has 0 spiro atoms. The number of nitrogens with zero attached hydrogens (tertiary/aromatic N) is 2. The summed E-state index contributed by atoms with van der Waals surface area (Å²) >= 11 is 1.69. The van der Waals surface area contributed by atoms with Gasteiger partial charge in [0.25, 0.3) is 5.91 Å².